The van der Waals surface area contributed by atoms with Crippen LogP contribution in [0.3, 0.4) is 0 Å². The van der Waals surface area contributed by atoms with Gasteiger partial charge in [0.25, 0.3) is 0 Å². The van der Waals surface area contributed by atoms with Crippen LogP contribution in [0.2, 0.25) is 0 Å². The molecular formula is C13H16N2O. The predicted octanol–water partition coefficient (Wildman–Crippen LogP) is 2.97. The van der Waals surface area contributed by atoms with Gasteiger partial charge in [-0.2, -0.15) is 0 Å². The molecule has 1 heterocycles. The summed E-state index contributed by atoms with van der Waals surface area (Å²) < 4.78 is 1.78. The molecule has 0 fully saturated rings. The highest BCUT2D eigenvalue weighted by molar-refractivity contribution is 5.67. The van der Waals surface area contributed by atoms with E-state index in [2.05, 4.69) is 12.0 Å². The normalized spacial score (nSPS) is 10.6. The molecular weight excluding hydrogens is 200 g/mol. The van der Waals surface area contributed by atoms with Gasteiger partial charge in [0.1, 0.15) is 0 Å². The van der Waals surface area contributed by atoms with Crippen LogP contribution in [0.25, 0.3) is 11.1 Å². The molecule has 3 heteroatoms. The predicted molar refractivity (Wildman–Crippen MR) is 64.4 cm³/mol. The van der Waals surface area contributed by atoms with E-state index in [4.69, 9.17) is 0 Å². The SMILES string of the molecule is CCCn1cc(-c2ccc(C)cc2)c(O)n1. The quantitative estimate of drug-likeness (QED) is 0.856. The molecule has 0 amide bonds. The van der Waals surface area contributed by atoms with Gasteiger partial charge in [-0.15, -0.1) is 5.10 Å². The molecule has 84 valence electrons. The topological polar surface area (TPSA) is 38.0 Å². The van der Waals surface area contributed by atoms with Crippen molar-refractivity contribution in [3.63, 3.8) is 0 Å². The van der Waals surface area contributed by atoms with Gasteiger partial charge >= 0.3 is 0 Å². The first-order valence-corrected chi connectivity index (χ1v) is 5.54. The Balaban J connectivity index is 2.36. The van der Waals surface area contributed by atoms with Crippen molar-refractivity contribution in [2.24, 2.45) is 0 Å². The molecule has 1 N–H and O–H groups in total. The summed E-state index contributed by atoms with van der Waals surface area (Å²) >= 11 is 0. The van der Waals surface area contributed by atoms with Crippen LogP contribution in [0, 0.1) is 6.92 Å². The Bertz CT molecular complexity index is 471. The molecule has 0 radical (unpaired) electrons. The van der Waals surface area contributed by atoms with Gasteiger partial charge in [0.15, 0.2) is 0 Å². The summed E-state index contributed by atoms with van der Waals surface area (Å²) in [4.78, 5) is 0. The fourth-order valence-electron chi connectivity index (χ4n) is 1.69. The van der Waals surface area contributed by atoms with Crippen molar-refractivity contribution >= 4 is 0 Å². The van der Waals surface area contributed by atoms with Crippen LogP contribution in [-0.2, 0) is 6.54 Å². The molecule has 0 atom stereocenters. The minimum absolute atomic E-state index is 0.109. The zero-order chi connectivity index (χ0) is 11.5. The number of hydrogen-bond donors (Lipinski definition) is 1. The highest BCUT2D eigenvalue weighted by Gasteiger charge is 2.08. The maximum atomic E-state index is 9.75. The third-order valence-electron chi connectivity index (χ3n) is 2.56. The van der Waals surface area contributed by atoms with Gasteiger partial charge < -0.3 is 5.11 Å². The monoisotopic (exact) mass is 216 g/mol. The molecule has 16 heavy (non-hydrogen) atoms. The van der Waals surface area contributed by atoms with E-state index in [0.717, 1.165) is 24.1 Å². The first-order valence-electron chi connectivity index (χ1n) is 5.54. The fraction of sp³-hybridized carbons (Fsp3) is 0.308. The van der Waals surface area contributed by atoms with E-state index in [0.29, 0.717) is 0 Å². The maximum absolute atomic E-state index is 9.75. The summed E-state index contributed by atoms with van der Waals surface area (Å²) in [5, 5.41) is 13.8. The summed E-state index contributed by atoms with van der Waals surface area (Å²) in [6.07, 6.45) is 2.90. The number of aryl methyl sites for hydroxylation is 2. The van der Waals surface area contributed by atoms with Crippen molar-refractivity contribution in [3.8, 4) is 17.0 Å². The number of aromatic hydroxyl groups is 1. The van der Waals surface area contributed by atoms with E-state index >= 15 is 0 Å². The van der Waals surface area contributed by atoms with Gasteiger partial charge in [0.2, 0.25) is 5.88 Å². The fourth-order valence-corrected chi connectivity index (χ4v) is 1.69. The molecule has 0 aliphatic carbocycles. The Morgan fingerprint density at radius 1 is 1.25 bits per heavy atom. The lowest BCUT2D eigenvalue weighted by Crippen LogP contribution is -1.95. The Morgan fingerprint density at radius 2 is 1.94 bits per heavy atom. The molecule has 0 spiro atoms. The molecule has 0 aliphatic rings. The standard InChI is InChI=1S/C13H16N2O/c1-3-8-15-9-12(13(16)14-15)11-6-4-10(2)5-7-11/h4-7,9H,3,8H2,1-2H3,(H,14,16). The van der Waals surface area contributed by atoms with Gasteiger partial charge in [-0.25, -0.2) is 0 Å². The van der Waals surface area contributed by atoms with Gasteiger partial charge in [-0.1, -0.05) is 36.8 Å². The van der Waals surface area contributed by atoms with E-state index in [1.54, 1.807) is 4.68 Å². The van der Waals surface area contributed by atoms with Crippen molar-refractivity contribution in [2.75, 3.05) is 0 Å². The Labute approximate surface area is 95.3 Å². The Kier molecular flexibility index (Phi) is 2.95. The molecule has 0 aliphatic heterocycles. The van der Waals surface area contributed by atoms with E-state index in [-0.39, 0.29) is 5.88 Å². The average molecular weight is 216 g/mol. The number of nitrogens with zero attached hydrogens (tertiary/aromatic N) is 2. The van der Waals surface area contributed by atoms with Crippen LogP contribution < -0.4 is 0 Å². The van der Waals surface area contributed by atoms with Crippen LogP contribution >= 0.6 is 0 Å². The molecule has 2 rings (SSSR count). The molecule has 0 unspecified atom stereocenters. The maximum Gasteiger partial charge on any atom is 0.238 e. The lowest BCUT2D eigenvalue weighted by Gasteiger charge is -1.98. The Morgan fingerprint density at radius 3 is 2.56 bits per heavy atom. The summed E-state index contributed by atoms with van der Waals surface area (Å²) in [6, 6.07) is 8.07. The number of hydrogen-bond acceptors (Lipinski definition) is 2. The van der Waals surface area contributed by atoms with E-state index in [1.807, 2.05) is 37.4 Å². The largest absolute Gasteiger partial charge is 0.492 e. The van der Waals surface area contributed by atoms with Crippen molar-refractivity contribution < 1.29 is 5.11 Å². The van der Waals surface area contributed by atoms with Crippen molar-refractivity contribution in [1.82, 2.24) is 9.78 Å². The minimum atomic E-state index is 0.109. The zero-order valence-corrected chi connectivity index (χ0v) is 9.64. The van der Waals surface area contributed by atoms with Gasteiger partial charge in [0.05, 0.1) is 5.56 Å². The second kappa shape index (κ2) is 4.39. The van der Waals surface area contributed by atoms with E-state index in [9.17, 15) is 5.11 Å². The minimum Gasteiger partial charge on any atom is -0.492 e. The smallest absolute Gasteiger partial charge is 0.238 e. The van der Waals surface area contributed by atoms with Crippen molar-refractivity contribution in [2.45, 2.75) is 26.8 Å². The summed E-state index contributed by atoms with van der Waals surface area (Å²) in [5.74, 6) is 0.109. The average Bonchev–Trinajstić information content (AvgIpc) is 2.61. The molecule has 1 aromatic carbocycles. The highest BCUT2D eigenvalue weighted by Crippen LogP contribution is 2.27. The summed E-state index contributed by atoms with van der Waals surface area (Å²) in [6.45, 7) is 4.97. The van der Waals surface area contributed by atoms with Gasteiger partial charge in [0, 0.05) is 12.7 Å². The number of aromatic nitrogens is 2. The van der Waals surface area contributed by atoms with Gasteiger partial charge in [-0.05, 0) is 18.9 Å². The summed E-state index contributed by atoms with van der Waals surface area (Å²) in [5.41, 5.74) is 3.02. The molecule has 2 aromatic rings. The van der Waals surface area contributed by atoms with E-state index < -0.39 is 0 Å². The first-order chi connectivity index (χ1) is 7.70. The van der Waals surface area contributed by atoms with Crippen LogP contribution in [-0.4, -0.2) is 14.9 Å². The van der Waals surface area contributed by atoms with Crippen molar-refractivity contribution in [1.29, 1.82) is 0 Å². The van der Waals surface area contributed by atoms with Crippen LogP contribution in [0.4, 0.5) is 0 Å². The third kappa shape index (κ3) is 2.08. The lowest BCUT2D eigenvalue weighted by molar-refractivity contribution is 0.437. The Hall–Kier alpha value is -1.77. The van der Waals surface area contributed by atoms with Gasteiger partial charge in [-0.3, -0.25) is 4.68 Å². The second-order valence-corrected chi connectivity index (χ2v) is 4.00. The number of benzene rings is 1. The highest BCUT2D eigenvalue weighted by atomic mass is 16.3. The molecule has 0 saturated heterocycles. The molecule has 0 saturated carbocycles. The molecule has 3 nitrogen and oxygen atoms in total. The third-order valence-corrected chi connectivity index (χ3v) is 2.56. The molecule has 1 aromatic heterocycles. The summed E-state index contributed by atoms with van der Waals surface area (Å²) in [7, 11) is 0. The van der Waals surface area contributed by atoms with E-state index in [1.165, 1.54) is 5.56 Å². The zero-order valence-electron chi connectivity index (χ0n) is 9.64. The second-order valence-electron chi connectivity index (χ2n) is 4.00. The first kappa shape index (κ1) is 10.7. The van der Waals surface area contributed by atoms with Crippen LogP contribution in [0.5, 0.6) is 5.88 Å². The lowest BCUT2D eigenvalue weighted by atomic mass is 10.1. The van der Waals surface area contributed by atoms with Crippen LogP contribution in [0.15, 0.2) is 30.5 Å². The molecule has 0 bridgehead atoms. The van der Waals surface area contributed by atoms with Crippen LogP contribution in [0.1, 0.15) is 18.9 Å². The van der Waals surface area contributed by atoms with Crippen molar-refractivity contribution in [3.05, 3.63) is 36.0 Å². The number of rotatable bonds is 3.